The summed E-state index contributed by atoms with van der Waals surface area (Å²) in [5, 5.41) is 18.7. The van der Waals surface area contributed by atoms with Gasteiger partial charge in [-0.3, -0.25) is 14.5 Å². The molecule has 1 fully saturated rings. The maximum Gasteiger partial charge on any atom is 0.261 e. The normalized spacial score (nSPS) is 20.0. The lowest BCUT2D eigenvalue weighted by molar-refractivity contribution is -0.245. The highest BCUT2D eigenvalue weighted by molar-refractivity contribution is 7.99. The van der Waals surface area contributed by atoms with Gasteiger partial charge in [-0.05, 0) is 46.0 Å². The Balaban J connectivity index is 1.18. The highest BCUT2D eigenvalue weighted by Crippen LogP contribution is 2.39. The number of nitrogens with zero attached hydrogens (tertiary/aromatic N) is 1. The van der Waals surface area contributed by atoms with Gasteiger partial charge in [0.1, 0.15) is 0 Å². The zero-order valence-electron chi connectivity index (χ0n) is 23.6. The molecule has 220 valence electrons. The second-order valence-electron chi connectivity index (χ2n) is 10.7. The number of benzene rings is 4. The van der Waals surface area contributed by atoms with Crippen molar-refractivity contribution in [1.82, 2.24) is 4.90 Å². The molecule has 7 nitrogen and oxygen atoms in total. The number of amides is 2. The van der Waals surface area contributed by atoms with Gasteiger partial charge in [0.15, 0.2) is 6.29 Å². The van der Waals surface area contributed by atoms with Crippen LogP contribution in [0.15, 0.2) is 97.1 Å². The molecule has 0 aliphatic carbocycles. The fourth-order valence-corrected chi connectivity index (χ4v) is 6.32. The molecule has 8 heteroatoms. The SMILES string of the molecule is O=C1c2ccccc2C(=O)N1Cc1cccc(-c2ccc(C3OC(CSCCO)CC(c4ccc(CO)cc4)O3)cc2)c1. The number of ether oxygens (including phenoxy) is 2. The Hall–Kier alpha value is -3.79. The van der Waals surface area contributed by atoms with Crippen LogP contribution >= 0.6 is 11.8 Å². The van der Waals surface area contributed by atoms with Crippen molar-refractivity contribution >= 4 is 23.6 Å². The smallest absolute Gasteiger partial charge is 0.261 e. The molecule has 0 aromatic heterocycles. The summed E-state index contributed by atoms with van der Waals surface area (Å²) in [6.45, 7) is 0.332. The highest BCUT2D eigenvalue weighted by atomic mass is 32.2. The Kier molecular flexibility index (Phi) is 9.02. The zero-order valence-corrected chi connectivity index (χ0v) is 24.4. The molecule has 0 saturated carbocycles. The molecular formula is C35H33NO6S. The number of rotatable bonds is 10. The van der Waals surface area contributed by atoms with Crippen molar-refractivity contribution in [2.24, 2.45) is 0 Å². The molecule has 3 atom stereocenters. The van der Waals surface area contributed by atoms with Crippen LogP contribution in [-0.2, 0) is 22.6 Å². The minimum atomic E-state index is -0.551. The number of imide groups is 1. The maximum absolute atomic E-state index is 12.9. The predicted molar refractivity (Wildman–Crippen MR) is 165 cm³/mol. The van der Waals surface area contributed by atoms with Gasteiger partial charge in [0, 0.05) is 23.5 Å². The quantitative estimate of drug-likeness (QED) is 0.174. The Labute approximate surface area is 255 Å². The molecule has 4 aromatic carbocycles. The van der Waals surface area contributed by atoms with Gasteiger partial charge in [-0.15, -0.1) is 0 Å². The largest absolute Gasteiger partial charge is 0.396 e. The van der Waals surface area contributed by atoms with E-state index < -0.39 is 6.29 Å². The van der Waals surface area contributed by atoms with Gasteiger partial charge in [0.05, 0.1) is 43.1 Å². The molecule has 0 spiro atoms. The van der Waals surface area contributed by atoms with Crippen LogP contribution < -0.4 is 0 Å². The number of aliphatic hydroxyl groups is 2. The second-order valence-corrected chi connectivity index (χ2v) is 11.9. The molecule has 0 radical (unpaired) electrons. The fourth-order valence-electron chi connectivity index (χ4n) is 5.55. The minimum Gasteiger partial charge on any atom is -0.396 e. The van der Waals surface area contributed by atoms with E-state index in [9.17, 15) is 19.8 Å². The number of fused-ring (bicyclic) bond motifs is 1. The first-order valence-electron chi connectivity index (χ1n) is 14.4. The van der Waals surface area contributed by atoms with E-state index in [1.807, 2.05) is 72.8 Å². The molecule has 4 aromatic rings. The average Bonchev–Trinajstić information content (AvgIpc) is 3.30. The topological polar surface area (TPSA) is 96.3 Å². The average molecular weight is 596 g/mol. The first-order chi connectivity index (χ1) is 21.0. The van der Waals surface area contributed by atoms with Gasteiger partial charge in [0.25, 0.3) is 11.8 Å². The first kappa shape index (κ1) is 29.3. The zero-order chi connectivity index (χ0) is 29.8. The van der Waals surface area contributed by atoms with Crippen molar-refractivity contribution < 1.29 is 29.3 Å². The van der Waals surface area contributed by atoms with Gasteiger partial charge >= 0.3 is 0 Å². The van der Waals surface area contributed by atoms with Crippen molar-refractivity contribution in [2.45, 2.75) is 38.1 Å². The van der Waals surface area contributed by atoms with Gasteiger partial charge < -0.3 is 19.7 Å². The highest BCUT2D eigenvalue weighted by Gasteiger charge is 2.35. The number of aliphatic hydroxyl groups excluding tert-OH is 2. The number of carbonyl (C=O) groups excluding carboxylic acids is 2. The summed E-state index contributed by atoms with van der Waals surface area (Å²) in [5.74, 6) is 0.878. The number of thioether (sulfide) groups is 1. The lowest BCUT2D eigenvalue weighted by Crippen LogP contribution is -2.31. The third-order valence-electron chi connectivity index (χ3n) is 7.82. The Morgan fingerprint density at radius 3 is 2.12 bits per heavy atom. The van der Waals surface area contributed by atoms with Crippen LogP contribution in [0.25, 0.3) is 11.1 Å². The molecule has 2 heterocycles. The van der Waals surface area contributed by atoms with Crippen LogP contribution in [0.2, 0.25) is 0 Å². The summed E-state index contributed by atoms with van der Waals surface area (Å²) in [7, 11) is 0. The fraction of sp³-hybridized carbons (Fsp3) is 0.257. The van der Waals surface area contributed by atoms with Crippen molar-refractivity contribution in [3.8, 4) is 11.1 Å². The summed E-state index contributed by atoms with van der Waals surface area (Å²) in [6.07, 6.45) is -0.0583. The lowest BCUT2D eigenvalue weighted by Gasteiger charge is -2.36. The molecule has 0 bridgehead atoms. The predicted octanol–water partition coefficient (Wildman–Crippen LogP) is 5.91. The van der Waals surface area contributed by atoms with Crippen LogP contribution in [0.5, 0.6) is 0 Å². The van der Waals surface area contributed by atoms with Crippen molar-refractivity contribution in [2.75, 3.05) is 18.1 Å². The Bertz CT molecular complexity index is 1550. The summed E-state index contributed by atoms with van der Waals surface area (Å²) >= 11 is 1.66. The van der Waals surface area contributed by atoms with E-state index in [0.29, 0.717) is 23.3 Å². The van der Waals surface area contributed by atoms with Crippen molar-refractivity contribution in [1.29, 1.82) is 0 Å². The Morgan fingerprint density at radius 1 is 0.744 bits per heavy atom. The van der Waals surface area contributed by atoms with Gasteiger partial charge in [-0.1, -0.05) is 78.9 Å². The number of carbonyl (C=O) groups is 2. The first-order valence-corrected chi connectivity index (χ1v) is 15.5. The summed E-state index contributed by atoms with van der Waals surface area (Å²) in [6, 6.07) is 30.7. The Morgan fingerprint density at radius 2 is 1.44 bits per heavy atom. The van der Waals surface area contributed by atoms with E-state index in [-0.39, 0.29) is 43.8 Å². The monoisotopic (exact) mass is 595 g/mol. The molecule has 2 amide bonds. The van der Waals surface area contributed by atoms with E-state index in [0.717, 1.165) is 39.1 Å². The molecule has 3 unspecified atom stereocenters. The summed E-state index contributed by atoms with van der Waals surface area (Å²) in [5.41, 5.74) is 6.53. The van der Waals surface area contributed by atoms with Crippen LogP contribution in [0.3, 0.4) is 0 Å². The maximum atomic E-state index is 12.9. The molecule has 2 aliphatic rings. The molecule has 6 rings (SSSR count). The van der Waals surface area contributed by atoms with Crippen molar-refractivity contribution in [3.63, 3.8) is 0 Å². The van der Waals surface area contributed by atoms with Gasteiger partial charge in [0.2, 0.25) is 0 Å². The third-order valence-corrected chi connectivity index (χ3v) is 8.90. The van der Waals surface area contributed by atoms with E-state index in [4.69, 9.17) is 9.47 Å². The lowest BCUT2D eigenvalue weighted by atomic mass is 9.99. The summed E-state index contributed by atoms with van der Waals surface area (Å²) in [4.78, 5) is 27.0. The minimum absolute atomic E-state index is 0.00398. The molecular weight excluding hydrogens is 562 g/mol. The van der Waals surface area contributed by atoms with Crippen molar-refractivity contribution in [3.05, 3.63) is 130 Å². The molecule has 2 aliphatic heterocycles. The third kappa shape index (κ3) is 6.44. The number of hydrogen-bond acceptors (Lipinski definition) is 7. The van der Waals surface area contributed by atoms with Gasteiger partial charge in [-0.2, -0.15) is 11.8 Å². The van der Waals surface area contributed by atoms with Crippen LogP contribution in [0.1, 0.15) is 61.8 Å². The van der Waals surface area contributed by atoms with E-state index in [1.165, 1.54) is 4.90 Å². The summed E-state index contributed by atoms with van der Waals surface area (Å²) < 4.78 is 12.8. The molecule has 43 heavy (non-hydrogen) atoms. The molecule has 2 N–H and O–H groups in total. The number of hydrogen-bond donors (Lipinski definition) is 2. The van der Waals surface area contributed by atoms with Gasteiger partial charge in [-0.25, -0.2) is 0 Å². The second kappa shape index (κ2) is 13.2. The van der Waals surface area contributed by atoms with Crippen LogP contribution in [0.4, 0.5) is 0 Å². The van der Waals surface area contributed by atoms with Crippen LogP contribution in [-0.4, -0.2) is 51.1 Å². The van der Waals surface area contributed by atoms with E-state index in [2.05, 4.69) is 0 Å². The standard InChI is InChI=1S/C35H33NO6S/c37-16-17-43-22-29-19-32(26-10-8-23(21-38)9-11-26)42-35(41-29)27-14-12-25(13-15-27)28-5-3-4-24(18-28)20-36-33(39)30-6-1-2-7-31(30)34(36)40/h1-15,18,29,32,35,37-38H,16-17,19-22H2. The molecule has 1 saturated heterocycles. The van der Waals surface area contributed by atoms with E-state index >= 15 is 0 Å². The van der Waals surface area contributed by atoms with Crippen LogP contribution in [0, 0.1) is 0 Å². The van der Waals surface area contributed by atoms with E-state index in [1.54, 1.807) is 36.0 Å².